The van der Waals surface area contributed by atoms with Crippen molar-refractivity contribution < 1.29 is 0 Å². The second-order valence-electron chi connectivity index (χ2n) is 2.62. The van der Waals surface area contributed by atoms with Crippen LogP contribution in [0, 0.1) is 0 Å². The lowest BCUT2D eigenvalue weighted by Gasteiger charge is -1.94. The van der Waals surface area contributed by atoms with Crippen molar-refractivity contribution in [2.75, 3.05) is 0 Å². The van der Waals surface area contributed by atoms with Crippen LogP contribution >= 0.6 is 15.9 Å². The van der Waals surface area contributed by atoms with Crippen LogP contribution in [0.15, 0.2) is 28.9 Å². The van der Waals surface area contributed by atoms with Crippen LogP contribution < -0.4 is 0 Å². The van der Waals surface area contributed by atoms with Crippen LogP contribution in [0.3, 0.4) is 0 Å². The molecule has 0 atom stereocenters. The molecule has 12 heavy (non-hydrogen) atoms. The number of aromatic nitrogens is 2. The maximum Gasteiger partial charge on any atom is 0.111 e. The Kier molecular flexibility index (Phi) is 1.89. The van der Waals surface area contributed by atoms with Crippen LogP contribution in [0.25, 0.3) is 10.9 Å². The van der Waals surface area contributed by atoms with Crippen molar-refractivity contribution in [2.24, 2.45) is 0 Å². The van der Waals surface area contributed by atoms with Gasteiger partial charge < -0.3 is 0 Å². The molecule has 1 aromatic carbocycles. The van der Waals surface area contributed by atoms with Gasteiger partial charge in [0, 0.05) is 11.9 Å². The summed E-state index contributed by atoms with van der Waals surface area (Å²) in [5, 5.41) is 5.58. The molecule has 0 radical (unpaired) electrons. The summed E-state index contributed by atoms with van der Waals surface area (Å²) in [6.07, 6.45) is 0. The van der Waals surface area contributed by atoms with Crippen molar-refractivity contribution in [3.63, 3.8) is 0 Å². The summed E-state index contributed by atoms with van der Waals surface area (Å²) in [6, 6.07) is 8.11. The van der Waals surface area contributed by atoms with Gasteiger partial charge in [-0.2, -0.15) is 5.10 Å². The van der Waals surface area contributed by atoms with Gasteiger partial charge in [-0.25, -0.2) is 0 Å². The summed E-state index contributed by atoms with van der Waals surface area (Å²) >= 11 is 3.51. The van der Waals surface area contributed by atoms with E-state index < -0.39 is 0 Å². The van der Waals surface area contributed by atoms with Crippen LogP contribution in [-0.2, 0) is 6.54 Å². The highest BCUT2D eigenvalue weighted by Crippen LogP contribution is 2.22. The molecule has 0 spiro atoms. The molecule has 1 heterocycles. The zero-order valence-electron chi connectivity index (χ0n) is 6.79. The molecule has 0 bridgehead atoms. The summed E-state index contributed by atoms with van der Waals surface area (Å²) in [6.45, 7) is 2.98. The molecule has 0 saturated carbocycles. The van der Waals surface area contributed by atoms with E-state index in [0.29, 0.717) is 0 Å². The van der Waals surface area contributed by atoms with Gasteiger partial charge in [0.2, 0.25) is 0 Å². The zero-order valence-corrected chi connectivity index (χ0v) is 8.37. The summed E-state index contributed by atoms with van der Waals surface area (Å²) in [7, 11) is 0. The van der Waals surface area contributed by atoms with Crippen molar-refractivity contribution in [3.8, 4) is 0 Å². The minimum Gasteiger partial charge on any atom is -0.258 e. The van der Waals surface area contributed by atoms with E-state index in [0.717, 1.165) is 16.7 Å². The van der Waals surface area contributed by atoms with E-state index in [1.54, 1.807) is 0 Å². The lowest BCUT2D eigenvalue weighted by Crippen LogP contribution is -1.95. The average Bonchev–Trinajstić information content (AvgIpc) is 2.44. The van der Waals surface area contributed by atoms with Crippen LogP contribution in [0.2, 0.25) is 0 Å². The van der Waals surface area contributed by atoms with Gasteiger partial charge >= 0.3 is 0 Å². The van der Waals surface area contributed by atoms with E-state index in [1.807, 2.05) is 22.9 Å². The number of hydrogen-bond donors (Lipinski definition) is 0. The van der Waals surface area contributed by atoms with Crippen LogP contribution in [0.5, 0.6) is 0 Å². The highest BCUT2D eigenvalue weighted by atomic mass is 79.9. The van der Waals surface area contributed by atoms with Crippen molar-refractivity contribution in [1.82, 2.24) is 9.78 Å². The molecular weight excluding hydrogens is 216 g/mol. The Hall–Kier alpha value is -0.830. The van der Waals surface area contributed by atoms with Crippen molar-refractivity contribution in [1.29, 1.82) is 0 Å². The van der Waals surface area contributed by atoms with E-state index in [-0.39, 0.29) is 0 Å². The highest BCUT2D eigenvalue weighted by Gasteiger charge is 2.04. The summed E-state index contributed by atoms with van der Waals surface area (Å²) in [5.74, 6) is 0. The first-order valence-electron chi connectivity index (χ1n) is 3.94. The largest absolute Gasteiger partial charge is 0.258 e. The van der Waals surface area contributed by atoms with Gasteiger partial charge in [-0.15, -0.1) is 0 Å². The van der Waals surface area contributed by atoms with Gasteiger partial charge in [0.05, 0.1) is 5.52 Å². The Morgan fingerprint density at radius 3 is 2.83 bits per heavy atom. The topological polar surface area (TPSA) is 17.8 Å². The average molecular weight is 225 g/mol. The Balaban J connectivity index is 2.78. The first kappa shape index (κ1) is 7.80. The summed E-state index contributed by atoms with van der Waals surface area (Å²) in [4.78, 5) is 0. The van der Waals surface area contributed by atoms with E-state index >= 15 is 0 Å². The van der Waals surface area contributed by atoms with Crippen LogP contribution in [0.4, 0.5) is 0 Å². The number of aryl methyl sites for hydroxylation is 1. The smallest absolute Gasteiger partial charge is 0.111 e. The standard InChI is InChI=1S/C9H9BrN2/c1-2-12-9(10)7-5-3-4-6-8(7)11-12/h3-6H,2H2,1H3. The molecule has 3 heteroatoms. The molecule has 0 unspecified atom stereocenters. The Morgan fingerprint density at radius 1 is 1.42 bits per heavy atom. The van der Waals surface area contributed by atoms with Gasteiger partial charge in [0.1, 0.15) is 4.60 Å². The SMILES string of the molecule is CCn1nc2ccccc2c1Br. The molecule has 0 fully saturated rings. The van der Waals surface area contributed by atoms with Crippen molar-refractivity contribution >= 4 is 26.8 Å². The first-order valence-corrected chi connectivity index (χ1v) is 4.73. The number of fused-ring (bicyclic) bond motifs is 1. The molecule has 0 aliphatic rings. The van der Waals surface area contributed by atoms with Gasteiger partial charge in [0.15, 0.2) is 0 Å². The number of halogens is 1. The molecule has 2 rings (SSSR count). The molecule has 0 saturated heterocycles. The number of benzene rings is 1. The highest BCUT2D eigenvalue weighted by molar-refractivity contribution is 9.10. The molecule has 0 N–H and O–H groups in total. The molecule has 0 amide bonds. The number of nitrogens with zero attached hydrogens (tertiary/aromatic N) is 2. The Labute approximate surface area is 79.3 Å². The van der Waals surface area contributed by atoms with E-state index in [1.165, 1.54) is 5.39 Å². The normalized spacial score (nSPS) is 10.8. The van der Waals surface area contributed by atoms with Crippen LogP contribution in [-0.4, -0.2) is 9.78 Å². The number of rotatable bonds is 1. The van der Waals surface area contributed by atoms with Gasteiger partial charge in [-0.05, 0) is 28.9 Å². The molecule has 2 aromatic rings. The zero-order chi connectivity index (χ0) is 8.55. The lowest BCUT2D eigenvalue weighted by molar-refractivity contribution is 0.653. The van der Waals surface area contributed by atoms with Gasteiger partial charge in [-0.1, -0.05) is 18.2 Å². The predicted octanol–water partition coefficient (Wildman–Crippen LogP) is 2.82. The molecule has 2 nitrogen and oxygen atoms in total. The molecule has 0 aliphatic carbocycles. The fourth-order valence-electron chi connectivity index (χ4n) is 1.26. The molecule has 1 aromatic heterocycles. The Bertz CT molecular complexity index is 406. The van der Waals surface area contributed by atoms with E-state index in [9.17, 15) is 0 Å². The molecule has 62 valence electrons. The van der Waals surface area contributed by atoms with Gasteiger partial charge in [0.25, 0.3) is 0 Å². The third-order valence-corrected chi connectivity index (χ3v) is 2.72. The first-order chi connectivity index (χ1) is 5.83. The van der Waals surface area contributed by atoms with E-state index in [4.69, 9.17) is 0 Å². The van der Waals surface area contributed by atoms with Gasteiger partial charge in [-0.3, -0.25) is 4.68 Å². The Morgan fingerprint density at radius 2 is 2.17 bits per heavy atom. The van der Waals surface area contributed by atoms with E-state index in [2.05, 4.69) is 34.0 Å². The fraction of sp³-hybridized carbons (Fsp3) is 0.222. The maximum absolute atomic E-state index is 4.40. The minimum atomic E-state index is 0.898. The monoisotopic (exact) mass is 224 g/mol. The third kappa shape index (κ3) is 1.05. The minimum absolute atomic E-state index is 0.898. The third-order valence-electron chi connectivity index (χ3n) is 1.88. The second kappa shape index (κ2) is 2.90. The second-order valence-corrected chi connectivity index (χ2v) is 3.37. The van der Waals surface area contributed by atoms with Crippen molar-refractivity contribution in [2.45, 2.75) is 13.5 Å². The van der Waals surface area contributed by atoms with Crippen LogP contribution in [0.1, 0.15) is 6.92 Å². The quantitative estimate of drug-likeness (QED) is 0.729. The molecule has 0 aliphatic heterocycles. The number of hydrogen-bond acceptors (Lipinski definition) is 1. The molecular formula is C9H9BrN2. The lowest BCUT2D eigenvalue weighted by atomic mass is 10.3. The maximum atomic E-state index is 4.40. The predicted molar refractivity (Wildman–Crippen MR) is 53.1 cm³/mol. The van der Waals surface area contributed by atoms with Crippen molar-refractivity contribution in [3.05, 3.63) is 28.9 Å². The summed E-state index contributed by atoms with van der Waals surface area (Å²) in [5.41, 5.74) is 1.05. The summed E-state index contributed by atoms with van der Waals surface area (Å²) < 4.78 is 3.02. The fourth-order valence-corrected chi connectivity index (χ4v) is 1.92.